The number of fused-ring (bicyclic) bond motifs is 1. The number of hydrogen-bond acceptors (Lipinski definition) is 6. The molecule has 2 atom stereocenters. The summed E-state index contributed by atoms with van der Waals surface area (Å²) in [4.78, 5) is 14.5. The highest BCUT2D eigenvalue weighted by Crippen LogP contribution is 2.30. The molecule has 32 heavy (non-hydrogen) atoms. The predicted molar refractivity (Wildman–Crippen MR) is 113 cm³/mol. The summed E-state index contributed by atoms with van der Waals surface area (Å²) in [5.74, 6) is -1.16. The molecule has 1 aromatic carbocycles. The summed E-state index contributed by atoms with van der Waals surface area (Å²) in [5.41, 5.74) is 1.54. The van der Waals surface area contributed by atoms with E-state index in [0.717, 1.165) is 4.09 Å². The summed E-state index contributed by atoms with van der Waals surface area (Å²) in [5, 5.41) is 18.0. The van der Waals surface area contributed by atoms with Gasteiger partial charge in [0.2, 0.25) is 5.91 Å². The number of benzene rings is 1. The highest BCUT2D eigenvalue weighted by atomic mass is 35.5. The molecule has 1 N–H and O–H groups in total. The number of hydrogen-bond donors (Lipinski definition) is 1. The van der Waals surface area contributed by atoms with Gasteiger partial charge in [-0.05, 0) is 24.6 Å². The molecular weight excluding hydrogens is 461 g/mol. The van der Waals surface area contributed by atoms with Gasteiger partial charge in [-0.15, -0.1) is 0 Å². The molecule has 9 nitrogen and oxygen atoms in total. The molecule has 1 amide bonds. The van der Waals surface area contributed by atoms with Gasteiger partial charge in [0.15, 0.2) is 5.03 Å². The number of aliphatic hydroxyl groups excluding tert-OH is 1. The van der Waals surface area contributed by atoms with Gasteiger partial charge in [0.25, 0.3) is 0 Å². The fourth-order valence-corrected chi connectivity index (χ4v) is 5.00. The van der Waals surface area contributed by atoms with Crippen LogP contribution >= 0.6 is 11.6 Å². The first-order chi connectivity index (χ1) is 15.2. The lowest BCUT2D eigenvalue weighted by atomic mass is 9.98. The van der Waals surface area contributed by atoms with E-state index < -0.39 is 28.7 Å². The molecule has 0 saturated heterocycles. The Bertz CT molecular complexity index is 1230. The average Bonchev–Trinajstić information content (AvgIpc) is 3.44. The van der Waals surface area contributed by atoms with Crippen molar-refractivity contribution < 1.29 is 22.7 Å². The van der Waals surface area contributed by atoms with E-state index in [9.17, 15) is 22.7 Å². The van der Waals surface area contributed by atoms with Crippen molar-refractivity contribution in [3.05, 3.63) is 64.6 Å². The number of carbonyl (C=O) groups is 1. The molecule has 4 rings (SSSR count). The van der Waals surface area contributed by atoms with Gasteiger partial charge in [0.1, 0.15) is 6.17 Å². The second-order valence-corrected chi connectivity index (χ2v) is 9.74. The van der Waals surface area contributed by atoms with Crippen LogP contribution in [0.15, 0.2) is 47.8 Å². The number of carbonyl (C=O) groups excluding carboxylic acids is 1. The lowest BCUT2D eigenvalue weighted by Gasteiger charge is -2.22. The Kier molecular flexibility index (Phi) is 6.06. The number of amides is 1. The van der Waals surface area contributed by atoms with Gasteiger partial charge in [-0.25, -0.2) is 4.39 Å². The van der Waals surface area contributed by atoms with Crippen molar-refractivity contribution >= 4 is 27.5 Å². The fourth-order valence-electron chi connectivity index (χ4n) is 3.63. The molecule has 0 bridgehead atoms. The largest absolute Gasteiger partial charge is 0.395 e. The molecule has 1 aliphatic rings. The van der Waals surface area contributed by atoms with Gasteiger partial charge < -0.3 is 10.0 Å². The SMILES string of the molecule is CC(F)Cn1ccc(S(=O)(=O)n2cc3c(n2)CN(C(=O)[C@H](CO)c2ccccc2Cl)C3)n1. The normalized spacial score (nSPS) is 15.6. The molecule has 1 unspecified atom stereocenters. The smallest absolute Gasteiger partial charge is 0.302 e. The molecule has 0 radical (unpaired) electrons. The second kappa shape index (κ2) is 8.64. The van der Waals surface area contributed by atoms with Gasteiger partial charge in [-0.1, -0.05) is 29.8 Å². The Labute approximate surface area is 189 Å². The highest BCUT2D eigenvalue weighted by Gasteiger charge is 2.34. The van der Waals surface area contributed by atoms with Gasteiger partial charge in [0.05, 0.1) is 31.3 Å². The Hall–Kier alpha value is -2.76. The third-order valence-electron chi connectivity index (χ3n) is 5.20. The molecule has 3 aromatic rings. The maximum atomic E-state index is 13.2. The van der Waals surface area contributed by atoms with Gasteiger partial charge in [-0.2, -0.15) is 22.7 Å². The van der Waals surface area contributed by atoms with E-state index in [-0.39, 0.29) is 30.6 Å². The Morgan fingerprint density at radius 2 is 2.00 bits per heavy atom. The van der Waals surface area contributed by atoms with Gasteiger partial charge >= 0.3 is 10.0 Å². The van der Waals surface area contributed by atoms with E-state index in [0.29, 0.717) is 21.8 Å². The summed E-state index contributed by atoms with van der Waals surface area (Å²) in [6.07, 6.45) is 1.57. The Balaban J connectivity index is 1.52. The summed E-state index contributed by atoms with van der Waals surface area (Å²) in [6, 6.07) is 8.10. The lowest BCUT2D eigenvalue weighted by Crippen LogP contribution is -2.33. The van der Waals surface area contributed by atoms with Gasteiger partial charge in [-0.3, -0.25) is 9.48 Å². The quantitative estimate of drug-likeness (QED) is 0.552. The first kappa shape index (κ1) is 22.4. The van der Waals surface area contributed by atoms with Crippen LogP contribution in [0.4, 0.5) is 4.39 Å². The average molecular weight is 482 g/mol. The standard InChI is InChI=1S/C20H21ClFN5O4S/c1-13(22)8-26-7-6-19(24-26)32(30,31)27-10-14-9-25(11-18(14)23-27)20(29)16(12-28)15-4-2-3-5-17(15)21/h2-7,10,13,16,28H,8-9,11-12H2,1H3/t13?,16-/m1/s1. The maximum Gasteiger partial charge on any atom is 0.302 e. The summed E-state index contributed by atoms with van der Waals surface area (Å²) in [6.45, 7) is 1.14. The number of aromatic nitrogens is 4. The van der Waals surface area contributed by atoms with Crippen molar-refractivity contribution in [2.45, 2.75) is 43.7 Å². The van der Waals surface area contributed by atoms with Crippen LogP contribution in [0.3, 0.4) is 0 Å². The van der Waals surface area contributed by atoms with E-state index in [1.165, 1.54) is 35.0 Å². The van der Waals surface area contributed by atoms with Crippen molar-refractivity contribution in [2.24, 2.45) is 0 Å². The van der Waals surface area contributed by atoms with Crippen molar-refractivity contribution in [3.8, 4) is 0 Å². The van der Waals surface area contributed by atoms with Crippen LogP contribution in [0.1, 0.15) is 29.7 Å². The number of rotatable bonds is 7. The number of nitrogens with zero attached hydrogens (tertiary/aromatic N) is 5. The van der Waals surface area contributed by atoms with Crippen LogP contribution in [-0.2, 0) is 34.5 Å². The van der Waals surface area contributed by atoms with E-state index in [2.05, 4.69) is 10.2 Å². The minimum absolute atomic E-state index is 0.0559. The zero-order chi connectivity index (χ0) is 23.0. The monoisotopic (exact) mass is 481 g/mol. The number of aliphatic hydroxyl groups is 1. The maximum absolute atomic E-state index is 13.2. The molecule has 12 heteroatoms. The van der Waals surface area contributed by atoms with E-state index in [4.69, 9.17) is 11.6 Å². The van der Waals surface area contributed by atoms with Crippen LogP contribution in [0.5, 0.6) is 0 Å². The highest BCUT2D eigenvalue weighted by molar-refractivity contribution is 7.89. The molecule has 0 spiro atoms. The van der Waals surface area contributed by atoms with Crippen LogP contribution < -0.4 is 0 Å². The molecule has 0 fully saturated rings. The lowest BCUT2D eigenvalue weighted by molar-refractivity contribution is -0.134. The summed E-state index contributed by atoms with van der Waals surface area (Å²) >= 11 is 6.18. The third-order valence-corrected chi connectivity index (χ3v) is 6.97. The van der Waals surface area contributed by atoms with Crippen LogP contribution in [0, 0.1) is 0 Å². The molecule has 0 saturated carbocycles. The molecule has 3 heterocycles. The molecule has 1 aliphatic heterocycles. The Morgan fingerprint density at radius 1 is 1.25 bits per heavy atom. The summed E-state index contributed by atoms with van der Waals surface area (Å²) in [7, 11) is -4.05. The zero-order valence-corrected chi connectivity index (χ0v) is 18.7. The van der Waals surface area contributed by atoms with Crippen LogP contribution in [-0.4, -0.2) is 56.1 Å². The molecular formula is C20H21ClFN5O4S. The minimum Gasteiger partial charge on any atom is -0.395 e. The van der Waals surface area contributed by atoms with Crippen molar-refractivity contribution in [2.75, 3.05) is 6.61 Å². The van der Waals surface area contributed by atoms with Gasteiger partial charge in [0, 0.05) is 29.5 Å². The Morgan fingerprint density at radius 3 is 2.66 bits per heavy atom. The van der Waals surface area contributed by atoms with E-state index in [1.54, 1.807) is 24.3 Å². The van der Waals surface area contributed by atoms with Crippen molar-refractivity contribution in [1.82, 2.24) is 23.9 Å². The van der Waals surface area contributed by atoms with E-state index >= 15 is 0 Å². The van der Waals surface area contributed by atoms with Crippen LogP contribution in [0.2, 0.25) is 5.02 Å². The minimum atomic E-state index is -4.05. The number of halogens is 2. The first-order valence-corrected chi connectivity index (χ1v) is 11.7. The van der Waals surface area contributed by atoms with Crippen molar-refractivity contribution in [1.29, 1.82) is 0 Å². The summed E-state index contributed by atoms with van der Waals surface area (Å²) < 4.78 is 40.9. The fraction of sp³-hybridized carbons (Fsp3) is 0.350. The number of alkyl halides is 1. The second-order valence-electron chi connectivity index (χ2n) is 7.59. The third kappa shape index (κ3) is 4.15. The van der Waals surface area contributed by atoms with Crippen molar-refractivity contribution in [3.63, 3.8) is 0 Å². The predicted octanol–water partition coefficient (Wildman–Crippen LogP) is 1.95. The van der Waals surface area contributed by atoms with E-state index in [1.807, 2.05) is 0 Å². The van der Waals surface area contributed by atoms with Crippen LogP contribution in [0.25, 0.3) is 0 Å². The molecule has 170 valence electrons. The molecule has 2 aromatic heterocycles. The molecule has 0 aliphatic carbocycles. The zero-order valence-electron chi connectivity index (χ0n) is 17.1. The first-order valence-electron chi connectivity index (χ1n) is 9.85. The topological polar surface area (TPSA) is 110 Å².